The molecule has 1 aromatic heterocycles. The third kappa shape index (κ3) is 3.28. The van der Waals surface area contributed by atoms with Crippen LogP contribution >= 0.6 is 11.3 Å². The van der Waals surface area contributed by atoms with Crippen molar-refractivity contribution in [2.75, 3.05) is 27.2 Å². The number of carbonyl (C=O) groups excluding carboxylic acids is 1. The van der Waals surface area contributed by atoms with Gasteiger partial charge in [0.25, 0.3) is 0 Å². The van der Waals surface area contributed by atoms with Gasteiger partial charge in [0.05, 0.1) is 17.7 Å². The molecule has 0 saturated carbocycles. The van der Waals surface area contributed by atoms with Crippen LogP contribution in [-0.2, 0) is 17.8 Å². The van der Waals surface area contributed by atoms with Crippen molar-refractivity contribution in [1.29, 1.82) is 0 Å². The molecule has 1 aromatic rings. The van der Waals surface area contributed by atoms with Crippen LogP contribution in [0, 0.1) is 0 Å². The van der Waals surface area contributed by atoms with Crippen molar-refractivity contribution in [2.24, 2.45) is 0 Å². The molecule has 18 heavy (non-hydrogen) atoms. The zero-order valence-corrected chi connectivity index (χ0v) is 11.8. The molecule has 0 unspecified atom stereocenters. The molecule has 1 aliphatic rings. The van der Waals surface area contributed by atoms with Crippen molar-refractivity contribution < 1.29 is 9.90 Å². The third-order valence-electron chi connectivity index (χ3n) is 2.91. The van der Waals surface area contributed by atoms with Gasteiger partial charge >= 0.3 is 0 Å². The quantitative estimate of drug-likeness (QED) is 0.856. The molecule has 1 amide bonds. The van der Waals surface area contributed by atoms with E-state index in [-0.39, 0.29) is 5.91 Å². The summed E-state index contributed by atoms with van der Waals surface area (Å²) in [4.78, 5) is 19.7. The predicted molar refractivity (Wildman–Crippen MR) is 70.4 cm³/mol. The number of rotatable bonds is 4. The lowest BCUT2D eigenvalue weighted by Gasteiger charge is -2.43. The van der Waals surface area contributed by atoms with E-state index in [2.05, 4.69) is 9.88 Å². The van der Waals surface area contributed by atoms with Gasteiger partial charge in [-0.3, -0.25) is 9.69 Å². The molecule has 100 valence electrons. The minimum absolute atomic E-state index is 0.0720. The Morgan fingerprint density at radius 3 is 2.83 bits per heavy atom. The van der Waals surface area contributed by atoms with E-state index < -0.39 is 5.60 Å². The van der Waals surface area contributed by atoms with Crippen molar-refractivity contribution in [3.05, 3.63) is 16.1 Å². The summed E-state index contributed by atoms with van der Waals surface area (Å²) in [5, 5.41) is 12.5. The summed E-state index contributed by atoms with van der Waals surface area (Å²) in [7, 11) is 3.50. The molecule has 2 heterocycles. The molecule has 2 rings (SSSR count). The second-order valence-electron chi connectivity index (χ2n) is 5.34. The Balaban J connectivity index is 1.85. The highest BCUT2D eigenvalue weighted by Gasteiger charge is 2.36. The number of thiazole rings is 1. The highest BCUT2D eigenvalue weighted by atomic mass is 32.1. The van der Waals surface area contributed by atoms with Crippen LogP contribution in [0.4, 0.5) is 0 Å². The topological polar surface area (TPSA) is 56.7 Å². The maximum absolute atomic E-state index is 11.5. The number of nitrogens with zero attached hydrogens (tertiary/aromatic N) is 3. The summed E-state index contributed by atoms with van der Waals surface area (Å²) in [6.45, 7) is 3.97. The maximum Gasteiger partial charge on any atom is 0.228 e. The summed E-state index contributed by atoms with van der Waals surface area (Å²) in [5.74, 6) is 0.0720. The van der Waals surface area contributed by atoms with Crippen molar-refractivity contribution in [2.45, 2.75) is 25.5 Å². The van der Waals surface area contributed by atoms with E-state index in [9.17, 15) is 9.90 Å². The molecule has 5 nitrogen and oxygen atoms in total. The van der Waals surface area contributed by atoms with E-state index >= 15 is 0 Å². The first kappa shape index (κ1) is 13.5. The number of aliphatic hydroxyl groups is 1. The van der Waals surface area contributed by atoms with Crippen molar-refractivity contribution in [1.82, 2.24) is 14.8 Å². The van der Waals surface area contributed by atoms with Gasteiger partial charge in [-0.25, -0.2) is 4.98 Å². The van der Waals surface area contributed by atoms with Gasteiger partial charge in [-0.05, 0) is 6.92 Å². The van der Waals surface area contributed by atoms with Crippen LogP contribution in [0.3, 0.4) is 0 Å². The van der Waals surface area contributed by atoms with E-state index in [0.29, 0.717) is 19.5 Å². The first-order chi connectivity index (χ1) is 8.35. The molecule has 1 aliphatic heterocycles. The van der Waals surface area contributed by atoms with Gasteiger partial charge in [0, 0.05) is 39.1 Å². The standard InChI is InChI=1S/C12H19N3O2S/c1-12(17)7-15(8-12)5-9-6-18-10(13-9)4-11(16)14(2)3/h6,17H,4-5,7-8H2,1-3H3. The number of hydrogen-bond acceptors (Lipinski definition) is 5. The Kier molecular flexibility index (Phi) is 3.70. The maximum atomic E-state index is 11.5. The predicted octanol–water partition coefficient (Wildman–Crippen LogP) is 0.340. The SMILES string of the molecule is CN(C)C(=O)Cc1nc(CN2CC(C)(O)C2)cs1. The minimum atomic E-state index is -0.542. The average Bonchev–Trinajstić information content (AvgIpc) is 2.62. The van der Waals surface area contributed by atoms with Crippen LogP contribution in [0.1, 0.15) is 17.6 Å². The third-order valence-corrected chi connectivity index (χ3v) is 3.81. The molecule has 6 heteroatoms. The minimum Gasteiger partial charge on any atom is -0.388 e. The Bertz CT molecular complexity index is 434. The Hall–Kier alpha value is -0.980. The monoisotopic (exact) mass is 269 g/mol. The zero-order valence-electron chi connectivity index (χ0n) is 11.0. The number of likely N-dealkylation sites (tertiary alicyclic amines) is 1. The molecular weight excluding hydrogens is 250 g/mol. The average molecular weight is 269 g/mol. The number of hydrogen-bond donors (Lipinski definition) is 1. The van der Waals surface area contributed by atoms with Gasteiger partial charge in [0.15, 0.2) is 0 Å². The normalized spacial score (nSPS) is 18.4. The van der Waals surface area contributed by atoms with Gasteiger partial charge < -0.3 is 10.0 Å². The molecule has 1 saturated heterocycles. The van der Waals surface area contributed by atoms with E-state index in [1.807, 2.05) is 12.3 Å². The number of β-amino-alcohol motifs (C(OH)–C–C–N with tert-alkyl or cyclic N) is 1. The van der Waals surface area contributed by atoms with Crippen LogP contribution in [-0.4, -0.2) is 58.6 Å². The zero-order chi connectivity index (χ0) is 13.3. The highest BCUT2D eigenvalue weighted by Crippen LogP contribution is 2.22. The van der Waals surface area contributed by atoms with Gasteiger partial charge in [-0.2, -0.15) is 0 Å². The fourth-order valence-corrected chi connectivity index (χ4v) is 2.82. The Morgan fingerprint density at radius 1 is 1.61 bits per heavy atom. The fraction of sp³-hybridized carbons (Fsp3) is 0.667. The summed E-state index contributed by atoms with van der Waals surface area (Å²) in [6, 6.07) is 0. The van der Waals surface area contributed by atoms with Crippen molar-refractivity contribution >= 4 is 17.2 Å². The highest BCUT2D eigenvalue weighted by molar-refractivity contribution is 7.09. The van der Waals surface area contributed by atoms with E-state index in [1.165, 1.54) is 11.3 Å². The molecule has 0 aromatic carbocycles. The molecule has 0 atom stereocenters. The molecule has 1 fully saturated rings. The largest absolute Gasteiger partial charge is 0.388 e. The van der Waals surface area contributed by atoms with Crippen LogP contribution in [0.25, 0.3) is 0 Å². The van der Waals surface area contributed by atoms with Crippen molar-refractivity contribution in [3.8, 4) is 0 Å². The summed E-state index contributed by atoms with van der Waals surface area (Å²) >= 11 is 1.52. The van der Waals surface area contributed by atoms with E-state index in [1.54, 1.807) is 19.0 Å². The van der Waals surface area contributed by atoms with Gasteiger partial charge in [0.2, 0.25) is 5.91 Å². The fourth-order valence-electron chi connectivity index (χ4n) is 2.05. The molecule has 0 bridgehead atoms. The molecule has 0 aliphatic carbocycles. The number of amides is 1. The number of carbonyl (C=O) groups is 1. The number of aromatic nitrogens is 1. The second-order valence-corrected chi connectivity index (χ2v) is 6.28. The van der Waals surface area contributed by atoms with Crippen LogP contribution in [0.2, 0.25) is 0 Å². The molecule has 0 radical (unpaired) electrons. The van der Waals surface area contributed by atoms with Crippen LogP contribution < -0.4 is 0 Å². The lowest BCUT2D eigenvalue weighted by molar-refractivity contribution is -0.127. The summed E-state index contributed by atoms with van der Waals surface area (Å²) in [5.41, 5.74) is 0.441. The first-order valence-electron chi connectivity index (χ1n) is 5.94. The Labute approximate surface area is 111 Å². The molecule has 0 spiro atoms. The van der Waals surface area contributed by atoms with Crippen LogP contribution in [0.5, 0.6) is 0 Å². The van der Waals surface area contributed by atoms with Gasteiger partial charge in [0.1, 0.15) is 5.01 Å². The summed E-state index contributed by atoms with van der Waals surface area (Å²) in [6.07, 6.45) is 0.370. The van der Waals surface area contributed by atoms with E-state index in [0.717, 1.165) is 17.2 Å². The lowest BCUT2D eigenvalue weighted by atomic mass is 9.97. The molecular formula is C12H19N3O2S. The second kappa shape index (κ2) is 4.95. The smallest absolute Gasteiger partial charge is 0.228 e. The van der Waals surface area contributed by atoms with Gasteiger partial charge in [-0.15, -0.1) is 11.3 Å². The van der Waals surface area contributed by atoms with Crippen molar-refractivity contribution in [3.63, 3.8) is 0 Å². The number of likely N-dealkylation sites (N-methyl/N-ethyl adjacent to an activating group) is 1. The van der Waals surface area contributed by atoms with Crippen LogP contribution in [0.15, 0.2) is 5.38 Å². The van der Waals surface area contributed by atoms with E-state index in [4.69, 9.17) is 0 Å². The lowest BCUT2D eigenvalue weighted by Crippen LogP contribution is -2.59. The van der Waals surface area contributed by atoms with Gasteiger partial charge in [-0.1, -0.05) is 0 Å². The Morgan fingerprint density at radius 2 is 2.28 bits per heavy atom. The molecule has 1 N–H and O–H groups in total. The first-order valence-corrected chi connectivity index (χ1v) is 6.82. The summed E-state index contributed by atoms with van der Waals surface area (Å²) < 4.78 is 0.